The number of ether oxygens (including phenoxy) is 2. The highest BCUT2D eigenvalue weighted by molar-refractivity contribution is 6.34. The maximum absolute atomic E-state index is 12.7. The maximum atomic E-state index is 12.7. The summed E-state index contributed by atoms with van der Waals surface area (Å²) in [4.78, 5) is 25.0. The fourth-order valence-corrected chi connectivity index (χ4v) is 2.45. The van der Waals surface area contributed by atoms with Crippen molar-refractivity contribution in [2.45, 2.75) is 12.5 Å². The van der Waals surface area contributed by atoms with Crippen molar-refractivity contribution in [3.63, 3.8) is 0 Å². The van der Waals surface area contributed by atoms with Gasteiger partial charge in [0, 0.05) is 6.07 Å². The second kappa shape index (κ2) is 6.05. The molecule has 0 saturated heterocycles. The van der Waals surface area contributed by atoms with E-state index in [2.05, 4.69) is 10.6 Å². The summed E-state index contributed by atoms with van der Waals surface area (Å²) in [7, 11) is 1.50. The molecule has 0 saturated carbocycles. The molecule has 1 atom stereocenters. The van der Waals surface area contributed by atoms with E-state index in [0.717, 1.165) is 0 Å². The largest absolute Gasteiger partial charge is 0.497 e. The molecule has 1 aliphatic rings. The standard InChI is InChI=1S/C17H15ClN2O4/c1-17(15(21)19-12-5-3-4-6-14(12)24-17)16(22)20-13-9-10(23-2)7-8-11(13)18/h3-9H,1-2H3,(H,19,21)(H,20,22). The van der Waals surface area contributed by atoms with Gasteiger partial charge in [0.25, 0.3) is 17.4 Å². The lowest BCUT2D eigenvalue weighted by molar-refractivity contribution is -0.143. The van der Waals surface area contributed by atoms with Crippen LogP contribution >= 0.6 is 11.6 Å². The number of hydrogen-bond donors (Lipinski definition) is 2. The van der Waals surface area contributed by atoms with Crippen molar-refractivity contribution in [3.8, 4) is 11.5 Å². The minimum atomic E-state index is -1.72. The number of halogens is 1. The van der Waals surface area contributed by atoms with Crippen LogP contribution in [-0.2, 0) is 9.59 Å². The fraction of sp³-hybridized carbons (Fsp3) is 0.176. The number of nitrogens with one attached hydrogen (secondary N) is 2. The second-order valence-electron chi connectivity index (χ2n) is 5.39. The zero-order chi connectivity index (χ0) is 17.3. The van der Waals surface area contributed by atoms with Crippen molar-refractivity contribution < 1.29 is 19.1 Å². The number of amides is 2. The van der Waals surface area contributed by atoms with Gasteiger partial charge in [-0.15, -0.1) is 0 Å². The summed E-state index contributed by atoms with van der Waals surface area (Å²) in [5, 5.41) is 5.62. The van der Waals surface area contributed by atoms with Gasteiger partial charge in [-0.3, -0.25) is 9.59 Å². The molecule has 3 rings (SSSR count). The molecule has 1 aliphatic heterocycles. The van der Waals surface area contributed by atoms with Crippen molar-refractivity contribution in [1.82, 2.24) is 0 Å². The molecular weight excluding hydrogens is 332 g/mol. The van der Waals surface area contributed by atoms with Crippen molar-refractivity contribution >= 4 is 34.8 Å². The topological polar surface area (TPSA) is 76.7 Å². The second-order valence-corrected chi connectivity index (χ2v) is 5.79. The number of benzene rings is 2. The summed E-state index contributed by atoms with van der Waals surface area (Å²) in [6.07, 6.45) is 0. The SMILES string of the molecule is COc1ccc(Cl)c(NC(=O)C2(C)Oc3ccccc3NC2=O)c1. The zero-order valence-corrected chi connectivity index (χ0v) is 13.8. The molecule has 0 aliphatic carbocycles. The average Bonchev–Trinajstić information content (AvgIpc) is 2.57. The fourth-order valence-electron chi connectivity index (χ4n) is 2.28. The molecule has 124 valence electrons. The lowest BCUT2D eigenvalue weighted by Crippen LogP contribution is -2.56. The van der Waals surface area contributed by atoms with E-state index in [1.54, 1.807) is 42.5 Å². The predicted molar refractivity (Wildman–Crippen MR) is 90.7 cm³/mol. The predicted octanol–water partition coefficient (Wildman–Crippen LogP) is 3.08. The Labute approximate surface area is 143 Å². The van der Waals surface area contributed by atoms with Crippen molar-refractivity contribution in [1.29, 1.82) is 0 Å². The average molecular weight is 347 g/mol. The van der Waals surface area contributed by atoms with Gasteiger partial charge in [0.2, 0.25) is 0 Å². The number of para-hydroxylation sites is 2. The maximum Gasteiger partial charge on any atom is 0.278 e. The van der Waals surface area contributed by atoms with E-state index in [1.807, 2.05) is 0 Å². The molecule has 1 heterocycles. The van der Waals surface area contributed by atoms with Crippen LogP contribution in [-0.4, -0.2) is 24.5 Å². The van der Waals surface area contributed by atoms with Crippen LogP contribution in [0.25, 0.3) is 0 Å². The first kappa shape index (κ1) is 16.1. The smallest absolute Gasteiger partial charge is 0.278 e. The number of rotatable bonds is 3. The molecule has 24 heavy (non-hydrogen) atoms. The highest BCUT2D eigenvalue weighted by atomic mass is 35.5. The molecule has 2 amide bonds. The van der Waals surface area contributed by atoms with Gasteiger partial charge in [-0.05, 0) is 31.2 Å². The summed E-state index contributed by atoms with van der Waals surface area (Å²) in [6, 6.07) is 11.7. The monoisotopic (exact) mass is 346 g/mol. The van der Waals surface area contributed by atoms with Gasteiger partial charge in [-0.1, -0.05) is 23.7 Å². The van der Waals surface area contributed by atoms with E-state index in [0.29, 0.717) is 27.9 Å². The number of carbonyl (C=O) groups is 2. The van der Waals surface area contributed by atoms with Crippen molar-refractivity contribution in [2.75, 3.05) is 17.7 Å². The molecule has 2 aromatic carbocycles. The van der Waals surface area contributed by atoms with Crippen LogP contribution in [0.3, 0.4) is 0 Å². The van der Waals surface area contributed by atoms with Gasteiger partial charge in [-0.2, -0.15) is 0 Å². The summed E-state index contributed by atoms with van der Waals surface area (Å²) in [5.41, 5.74) is -0.870. The van der Waals surface area contributed by atoms with Crippen LogP contribution in [0.5, 0.6) is 11.5 Å². The Hall–Kier alpha value is -2.73. The number of hydrogen-bond acceptors (Lipinski definition) is 4. The molecule has 7 heteroatoms. The van der Waals surface area contributed by atoms with E-state index >= 15 is 0 Å². The lowest BCUT2D eigenvalue weighted by Gasteiger charge is -2.33. The van der Waals surface area contributed by atoms with Crippen LogP contribution in [0.15, 0.2) is 42.5 Å². The lowest BCUT2D eigenvalue weighted by atomic mass is 10.0. The summed E-state index contributed by atoms with van der Waals surface area (Å²) < 4.78 is 10.8. The Kier molecular flexibility index (Phi) is 4.07. The van der Waals surface area contributed by atoms with Crippen LogP contribution in [0, 0.1) is 0 Å². The van der Waals surface area contributed by atoms with Crippen LogP contribution < -0.4 is 20.1 Å². The summed E-state index contributed by atoms with van der Waals surface area (Å²) >= 11 is 6.09. The van der Waals surface area contributed by atoms with Crippen molar-refractivity contribution in [3.05, 3.63) is 47.5 Å². The van der Waals surface area contributed by atoms with E-state index in [-0.39, 0.29) is 0 Å². The molecule has 0 radical (unpaired) electrons. The molecule has 0 bridgehead atoms. The summed E-state index contributed by atoms with van der Waals surface area (Å²) in [5.74, 6) is -0.243. The van der Waals surface area contributed by atoms with E-state index < -0.39 is 17.4 Å². The molecule has 6 nitrogen and oxygen atoms in total. The Morgan fingerprint density at radius 3 is 2.79 bits per heavy atom. The minimum absolute atomic E-state index is 0.323. The Bertz CT molecular complexity index is 824. The van der Waals surface area contributed by atoms with Gasteiger partial charge in [0.15, 0.2) is 0 Å². The molecule has 1 unspecified atom stereocenters. The van der Waals surface area contributed by atoms with Gasteiger partial charge in [-0.25, -0.2) is 0 Å². The van der Waals surface area contributed by atoms with Crippen molar-refractivity contribution in [2.24, 2.45) is 0 Å². The van der Waals surface area contributed by atoms with Crippen LogP contribution in [0.1, 0.15) is 6.92 Å². The Balaban J connectivity index is 1.88. The Morgan fingerprint density at radius 1 is 1.29 bits per heavy atom. The number of anilines is 2. The highest BCUT2D eigenvalue weighted by Crippen LogP contribution is 2.34. The van der Waals surface area contributed by atoms with Gasteiger partial charge >= 0.3 is 0 Å². The molecule has 0 spiro atoms. The molecule has 2 N–H and O–H groups in total. The first-order valence-corrected chi connectivity index (χ1v) is 7.56. The molecule has 0 aromatic heterocycles. The first-order chi connectivity index (χ1) is 11.4. The quantitative estimate of drug-likeness (QED) is 0.837. The number of carbonyl (C=O) groups excluding carboxylic acids is 2. The van der Waals surface area contributed by atoms with Gasteiger partial charge in [0.05, 0.1) is 23.5 Å². The minimum Gasteiger partial charge on any atom is -0.497 e. The molecule has 2 aromatic rings. The normalized spacial score (nSPS) is 18.9. The third-order valence-electron chi connectivity index (χ3n) is 3.74. The summed E-state index contributed by atoms with van der Waals surface area (Å²) in [6.45, 7) is 1.40. The van der Waals surface area contributed by atoms with Gasteiger partial charge < -0.3 is 20.1 Å². The van der Waals surface area contributed by atoms with Crippen LogP contribution in [0.2, 0.25) is 5.02 Å². The van der Waals surface area contributed by atoms with Crippen LogP contribution in [0.4, 0.5) is 11.4 Å². The Morgan fingerprint density at radius 2 is 2.04 bits per heavy atom. The molecular formula is C17H15ClN2O4. The number of methoxy groups -OCH3 is 1. The van der Waals surface area contributed by atoms with Gasteiger partial charge in [0.1, 0.15) is 11.5 Å². The third kappa shape index (κ3) is 2.76. The highest BCUT2D eigenvalue weighted by Gasteiger charge is 2.47. The molecule has 0 fully saturated rings. The van der Waals surface area contributed by atoms with E-state index in [4.69, 9.17) is 21.1 Å². The number of fused-ring (bicyclic) bond motifs is 1. The third-order valence-corrected chi connectivity index (χ3v) is 4.07. The zero-order valence-electron chi connectivity index (χ0n) is 13.1. The van der Waals surface area contributed by atoms with E-state index in [1.165, 1.54) is 14.0 Å². The first-order valence-electron chi connectivity index (χ1n) is 7.18. The van der Waals surface area contributed by atoms with E-state index in [9.17, 15) is 9.59 Å².